The number of Topliss-reactive ketones (excluding diaryl/α,β-unsaturated/α-hetero) is 1. The maximum absolute atomic E-state index is 13.6. The lowest BCUT2D eigenvalue weighted by atomic mass is 9.98. The molecule has 0 bridgehead atoms. The van der Waals surface area contributed by atoms with Gasteiger partial charge in [0.05, 0.1) is 11.7 Å². The molecule has 2 aromatic carbocycles. The van der Waals surface area contributed by atoms with Gasteiger partial charge in [-0.1, -0.05) is 33.6 Å². The zero-order valence-electron chi connectivity index (χ0n) is 18.9. The molecular weight excluding hydrogens is 520 g/mol. The largest absolute Gasteiger partial charge is 0.420 e. The molecular formula is C24H25BrN4O4S. The van der Waals surface area contributed by atoms with Gasteiger partial charge in [0.2, 0.25) is 21.8 Å². The van der Waals surface area contributed by atoms with Crippen molar-refractivity contribution in [2.45, 2.75) is 50.0 Å². The number of piperidine rings is 1. The first-order valence-corrected chi connectivity index (χ1v) is 13.5. The first-order valence-electron chi connectivity index (χ1n) is 11.2. The lowest BCUT2D eigenvalue weighted by molar-refractivity contribution is -0.117. The number of sulfonamides is 1. The fourth-order valence-electron chi connectivity index (χ4n) is 4.55. The third-order valence-corrected chi connectivity index (χ3v) is 8.92. The molecule has 1 N–H and O–H groups in total. The van der Waals surface area contributed by atoms with E-state index in [1.807, 2.05) is 37.3 Å². The van der Waals surface area contributed by atoms with E-state index in [0.29, 0.717) is 54.3 Å². The van der Waals surface area contributed by atoms with E-state index in [4.69, 9.17) is 4.42 Å². The van der Waals surface area contributed by atoms with Crippen molar-refractivity contribution in [3.63, 3.8) is 0 Å². The Morgan fingerprint density at radius 1 is 1.15 bits per heavy atom. The van der Waals surface area contributed by atoms with Crippen molar-refractivity contribution < 1.29 is 17.6 Å². The number of aromatic nitrogens is 2. The Morgan fingerprint density at radius 3 is 2.53 bits per heavy atom. The Labute approximate surface area is 206 Å². The summed E-state index contributed by atoms with van der Waals surface area (Å²) in [6.45, 7) is 4.24. The van der Waals surface area contributed by atoms with Gasteiger partial charge in [-0.15, -0.1) is 10.2 Å². The number of anilines is 1. The van der Waals surface area contributed by atoms with Gasteiger partial charge in [0.15, 0.2) is 5.78 Å². The number of rotatable bonds is 5. The number of benzene rings is 2. The predicted octanol–water partition coefficient (Wildman–Crippen LogP) is 4.30. The molecule has 0 saturated carbocycles. The summed E-state index contributed by atoms with van der Waals surface area (Å²) in [5.74, 6) is 1.01. The summed E-state index contributed by atoms with van der Waals surface area (Å²) in [6.07, 6.45) is 1.66. The summed E-state index contributed by atoms with van der Waals surface area (Å²) in [7, 11) is -3.74. The lowest BCUT2D eigenvalue weighted by Gasteiger charge is -2.30. The van der Waals surface area contributed by atoms with Crippen LogP contribution in [-0.4, -0.2) is 47.8 Å². The van der Waals surface area contributed by atoms with Crippen molar-refractivity contribution in [2.24, 2.45) is 0 Å². The highest BCUT2D eigenvalue weighted by molar-refractivity contribution is 9.10. The second-order valence-electron chi connectivity index (χ2n) is 8.94. The minimum absolute atomic E-state index is 0.00610. The molecule has 3 heterocycles. The third kappa shape index (κ3) is 4.30. The summed E-state index contributed by atoms with van der Waals surface area (Å²) in [6, 6.07) is 11.0. The topological polar surface area (TPSA) is 105 Å². The van der Waals surface area contributed by atoms with Gasteiger partial charge in [-0.3, -0.25) is 4.79 Å². The third-order valence-electron chi connectivity index (χ3n) is 6.54. The average Bonchev–Trinajstić information content (AvgIpc) is 3.47. The predicted molar refractivity (Wildman–Crippen MR) is 131 cm³/mol. The minimum atomic E-state index is -3.74. The normalized spacial score (nSPS) is 19.1. The summed E-state index contributed by atoms with van der Waals surface area (Å²) >= 11 is 3.43. The molecule has 8 nitrogen and oxygen atoms in total. The number of hydrogen-bond donors (Lipinski definition) is 1. The van der Waals surface area contributed by atoms with Crippen molar-refractivity contribution in [3.05, 3.63) is 57.9 Å². The Morgan fingerprint density at radius 2 is 1.85 bits per heavy atom. The van der Waals surface area contributed by atoms with E-state index in [2.05, 4.69) is 31.4 Å². The molecule has 2 aliphatic heterocycles. The Kier molecular flexibility index (Phi) is 6.07. The van der Waals surface area contributed by atoms with Crippen LogP contribution in [0.4, 0.5) is 5.69 Å². The minimum Gasteiger partial charge on any atom is -0.420 e. The second-order valence-corrected chi connectivity index (χ2v) is 11.8. The van der Waals surface area contributed by atoms with Crippen LogP contribution in [0.1, 0.15) is 42.7 Å². The number of carbonyl (C=O) groups excluding carboxylic acids is 1. The number of halogens is 1. The Hall–Kier alpha value is -2.56. The molecule has 1 saturated heterocycles. The van der Waals surface area contributed by atoms with Crippen LogP contribution >= 0.6 is 15.9 Å². The monoisotopic (exact) mass is 544 g/mol. The van der Waals surface area contributed by atoms with Crippen LogP contribution < -0.4 is 5.32 Å². The van der Waals surface area contributed by atoms with Gasteiger partial charge >= 0.3 is 0 Å². The number of aryl methyl sites for hydroxylation is 1. The summed E-state index contributed by atoms with van der Waals surface area (Å²) < 4.78 is 35.2. The van der Waals surface area contributed by atoms with Crippen LogP contribution in [-0.2, 0) is 21.2 Å². The van der Waals surface area contributed by atoms with Crippen LogP contribution in [0.15, 0.2) is 50.2 Å². The second kappa shape index (κ2) is 8.90. The highest BCUT2D eigenvalue weighted by atomic mass is 79.9. The van der Waals surface area contributed by atoms with Gasteiger partial charge in [0.1, 0.15) is 4.90 Å². The molecule has 10 heteroatoms. The van der Waals surface area contributed by atoms with Gasteiger partial charge in [0, 0.05) is 35.5 Å². The number of hydrogen-bond acceptors (Lipinski definition) is 7. The van der Waals surface area contributed by atoms with Gasteiger partial charge in [0.25, 0.3) is 0 Å². The first-order chi connectivity index (χ1) is 16.2. The molecule has 0 aliphatic carbocycles. The van der Waals surface area contributed by atoms with Gasteiger partial charge in [-0.25, -0.2) is 8.42 Å². The zero-order chi connectivity index (χ0) is 24.0. The smallest absolute Gasteiger partial charge is 0.247 e. The molecule has 5 rings (SSSR count). The lowest BCUT2D eigenvalue weighted by Crippen LogP contribution is -2.38. The Balaban J connectivity index is 1.32. The van der Waals surface area contributed by atoms with E-state index in [1.54, 1.807) is 6.07 Å². The molecule has 3 aromatic rings. The molecule has 1 fully saturated rings. The number of nitrogens with one attached hydrogen (secondary N) is 1. The van der Waals surface area contributed by atoms with Crippen molar-refractivity contribution in [3.8, 4) is 11.5 Å². The zero-order valence-corrected chi connectivity index (χ0v) is 21.3. The van der Waals surface area contributed by atoms with Crippen LogP contribution in [0, 0.1) is 6.92 Å². The molecule has 34 heavy (non-hydrogen) atoms. The fraction of sp³-hybridized carbons (Fsp3) is 0.375. The fourth-order valence-corrected chi connectivity index (χ4v) is 6.90. The summed E-state index contributed by atoms with van der Waals surface area (Å²) in [5.41, 5.74) is 3.38. The number of fused-ring (bicyclic) bond motifs is 1. The number of nitrogens with zero attached hydrogens (tertiary/aromatic N) is 3. The highest BCUT2D eigenvalue weighted by Gasteiger charge is 2.36. The molecule has 0 amide bonds. The van der Waals surface area contributed by atoms with Crippen molar-refractivity contribution in [2.75, 3.05) is 18.4 Å². The van der Waals surface area contributed by atoms with E-state index in [9.17, 15) is 13.2 Å². The SMILES string of the molecule is CC(=O)C1Cc2cc(Br)cc(S(=O)(=O)N3CCC(c4nnc(-c5ccc(C)cc5)o4)CC3)c2N1. The van der Waals surface area contributed by atoms with E-state index in [-0.39, 0.29) is 16.6 Å². The standard InChI is InChI=1S/C24H25BrN4O4S/c1-14-3-5-16(6-4-14)23-27-28-24(33-23)17-7-9-29(10-8-17)34(31,32)21-13-19(25)11-18-12-20(15(2)30)26-22(18)21/h3-6,11,13,17,20,26H,7-10,12H2,1-2H3. The summed E-state index contributed by atoms with van der Waals surface area (Å²) in [4.78, 5) is 12.1. The number of ketones is 1. The van der Waals surface area contributed by atoms with Gasteiger partial charge in [-0.2, -0.15) is 4.31 Å². The van der Waals surface area contributed by atoms with E-state index in [0.717, 1.165) is 16.7 Å². The molecule has 0 radical (unpaired) electrons. The van der Waals surface area contributed by atoms with Crippen LogP contribution in [0.5, 0.6) is 0 Å². The average molecular weight is 545 g/mol. The summed E-state index contributed by atoms with van der Waals surface area (Å²) in [5, 5.41) is 11.5. The quantitative estimate of drug-likeness (QED) is 0.510. The highest BCUT2D eigenvalue weighted by Crippen LogP contribution is 2.39. The molecule has 1 unspecified atom stereocenters. The molecule has 2 aliphatic rings. The molecule has 1 aromatic heterocycles. The van der Waals surface area contributed by atoms with Crippen LogP contribution in [0.2, 0.25) is 0 Å². The van der Waals surface area contributed by atoms with E-state index >= 15 is 0 Å². The van der Waals surface area contributed by atoms with E-state index < -0.39 is 16.1 Å². The van der Waals surface area contributed by atoms with E-state index in [1.165, 1.54) is 11.2 Å². The maximum Gasteiger partial charge on any atom is 0.247 e. The van der Waals surface area contributed by atoms with Crippen molar-refractivity contribution in [1.29, 1.82) is 0 Å². The first kappa shape index (κ1) is 23.2. The van der Waals surface area contributed by atoms with Gasteiger partial charge in [-0.05, 0) is 56.5 Å². The van der Waals surface area contributed by atoms with Crippen LogP contribution in [0.25, 0.3) is 11.5 Å². The van der Waals surface area contributed by atoms with Crippen LogP contribution in [0.3, 0.4) is 0 Å². The Bertz CT molecular complexity index is 1350. The van der Waals surface area contributed by atoms with Crippen molar-refractivity contribution >= 4 is 37.4 Å². The van der Waals surface area contributed by atoms with Gasteiger partial charge < -0.3 is 9.73 Å². The van der Waals surface area contributed by atoms with Crippen molar-refractivity contribution in [1.82, 2.24) is 14.5 Å². The molecule has 178 valence electrons. The number of carbonyl (C=O) groups is 1. The molecule has 1 atom stereocenters. The maximum atomic E-state index is 13.6. The molecule has 0 spiro atoms.